The molecule has 208 valence electrons. The number of aliphatic hydroxyl groups excluding tert-OH is 1. The molecule has 2 aromatic carbocycles. The Labute approximate surface area is 237 Å². The van der Waals surface area contributed by atoms with Crippen LogP contribution in [0.3, 0.4) is 0 Å². The van der Waals surface area contributed by atoms with E-state index in [2.05, 4.69) is 22.5 Å². The smallest absolute Gasteiger partial charge is 0.312 e. The van der Waals surface area contributed by atoms with Crippen LogP contribution in [0.2, 0.25) is 0 Å². The Morgan fingerprint density at radius 2 is 2.00 bits per heavy atom. The molecule has 3 aliphatic rings. The van der Waals surface area contributed by atoms with Crippen molar-refractivity contribution in [3.05, 3.63) is 55.1 Å². The number of likely N-dealkylation sites (tertiary alicyclic amines) is 1. The van der Waals surface area contributed by atoms with E-state index in [0.29, 0.717) is 12.1 Å². The molecule has 1 N–H and O–H groups in total. The molecule has 0 aliphatic carbocycles. The molecule has 8 nitrogen and oxygen atoms in total. The summed E-state index contributed by atoms with van der Waals surface area (Å²) in [5, 5.41) is 12.4. The highest BCUT2D eigenvalue weighted by molar-refractivity contribution is 9.09. The van der Waals surface area contributed by atoms with Crippen LogP contribution in [-0.2, 0) is 23.9 Å². The fourth-order valence-electron chi connectivity index (χ4n) is 6.78. The molecule has 3 saturated heterocycles. The van der Waals surface area contributed by atoms with Crippen molar-refractivity contribution in [2.24, 2.45) is 17.8 Å². The van der Waals surface area contributed by atoms with Crippen molar-refractivity contribution in [2.45, 2.75) is 55.8 Å². The number of halogens is 1. The molecule has 5 rings (SSSR count). The second-order valence-corrected chi connectivity index (χ2v) is 12.1. The minimum Gasteiger partial charge on any atom is -0.466 e. The van der Waals surface area contributed by atoms with Crippen LogP contribution in [0.5, 0.6) is 0 Å². The fourth-order valence-corrected chi connectivity index (χ4v) is 7.72. The zero-order valence-corrected chi connectivity index (χ0v) is 24.0. The summed E-state index contributed by atoms with van der Waals surface area (Å²) in [5.74, 6) is -3.03. The Kier molecular flexibility index (Phi) is 7.61. The summed E-state index contributed by atoms with van der Waals surface area (Å²) in [7, 11) is 0. The zero-order valence-electron chi connectivity index (χ0n) is 22.5. The number of hydrogen-bond donors (Lipinski definition) is 1. The molecule has 3 aliphatic heterocycles. The maximum Gasteiger partial charge on any atom is 0.312 e. The number of esters is 1. The van der Waals surface area contributed by atoms with E-state index >= 15 is 0 Å². The van der Waals surface area contributed by atoms with Crippen LogP contribution in [0.15, 0.2) is 55.1 Å². The average molecular weight is 600 g/mol. The van der Waals surface area contributed by atoms with Crippen molar-refractivity contribution >= 4 is 50.2 Å². The van der Waals surface area contributed by atoms with Gasteiger partial charge in [-0.25, -0.2) is 0 Å². The number of nitrogens with zero attached hydrogens (tertiary/aromatic N) is 2. The van der Waals surface area contributed by atoms with Crippen molar-refractivity contribution in [1.82, 2.24) is 4.90 Å². The molecular formula is C30H35BrN2O6. The lowest BCUT2D eigenvalue weighted by molar-refractivity contribution is -0.155. The topological polar surface area (TPSA) is 96.4 Å². The molecule has 1 spiro atoms. The quantitative estimate of drug-likeness (QED) is 0.269. The number of anilines is 1. The molecule has 2 bridgehead atoms. The van der Waals surface area contributed by atoms with Gasteiger partial charge in [0.25, 0.3) is 5.91 Å². The molecule has 2 aromatic rings. The number of carbonyl (C=O) groups is 3. The van der Waals surface area contributed by atoms with Crippen molar-refractivity contribution in [2.75, 3.05) is 24.7 Å². The van der Waals surface area contributed by atoms with Gasteiger partial charge < -0.3 is 24.4 Å². The number of hydrogen-bond acceptors (Lipinski definition) is 6. The molecular weight excluding hydrogens is 564 g/mol. The van der Waals surface area contributed by atoms with E-state index in [4.69, 9.17) is 9.47 Å². The number of carbonyl (C=O) groups excluding carboxylic acids is 3. The fraction of sp³-hybridized carbons (Fsp3) is 0.500. The minimum atomic E-state index is -1.23. The van der Waals surface area contributed by atoms with Gasteiger partial charge in [-0.05, 0) is 42.2 Å². The summed E-state index contributed by atoms with van der Waals surface area (Å²) < 4.78 is 11.9. The van der Waals surface area contributed by atoms with Crippen LogP contribution in [0, 0.1) is 17.8 Å². The monoisotopic (exact) mass is 598 g/mol. The standard InChI is InChI=1S/C30H35BrN2O6/c1-5-13-32(20-12-11-18-9-7-8-10-19(18)14-20)28(36)26-30-15-21(31)25(39-30)23(29(37)38-6-2)24(30)27(35)33(26)22(16-34)17(3)4/h5,7-12,14,17,21-26,34H,1,6,13,15-16H2,2-4H3/t21?,22-,23+,24-,25+,26?,30?/m0/s1. The first kappa shape index (κ1) is 27.8. The molecule has 3 fully saturated rings. The van der Waals surface area contributed by atoms with E-state index in [-0.39, 0.29) is 42.3 Å². The maximum atomic E-state index is 14.7. The summed E-state index contributed by atoms with van der Waals surface area (Å²) in [6.07, 6.45) is 1.44. The molecule has 0 radical (unpaired) electrons. The second-order valence-electron chi connectivity index (χ2n) is 10.9. The Balaban J connectivity index is 1.64. The van der Waals surface area contributed by atoms with E-state index in [9.17, 15) is 19.5 Å². The number of amides is 2. The largest absolute Gasteiger partial charge is 0.466 e. The number of fused-ring (bicyclic) bond motifs is 2. The Morgan fingerprint density at radius 3 is 2.64 bits per heavy atom. The second kappa shape index (κ2) is 10.7. The van der Waals surface area contributed by atoms with E-state index in [1.807, 2.05) is 56.3 Å². The lowest BCUT2D eigenvalue weighted by atomic mass is 9.70. The lowest BCUT2D eigenvalue weighted by Gasteiger charge is -2.40. The predicted molar refractivity (Wildman–Crippen MR) is 151 cm³/mol. The van der Waals surface area contributed by atoms with E-state index in [0.717, 1.165) is 10.8 Å². The molecule has 0 aromatic heterocycles. The first-order valence-corrected chi connectivity index (χ1v) is 14.4. The molecule has 3 unspecified atom stereocenters. The predicted octanol–water partition coefficient (Wildman–Crippen LogP) is 3.69. The van der Waals surface area contributed by atoms with Crippen LogP contribution in [0.25, 0.3) is 10.8 Å². The van der Waals surface area contributed by atoms with Crippen molar-refractivity contribution in [3.63, 3.8) is 0 Å². The molecule has 3 heterocycles. The highest BCUT2D eigenvalue weighted by atomic mass is 79.9. The Bertz CT molecular complexity index is 1300. The van der Waals surface area contributed by atoms with Gasteiger partial charge in [0, 0.05) is 17.1 Å². The van der Waals surface area contributed by atoms with E-state index in [1.165, 1.54) is 4.90 Å². The lowest BCUT2D eigenvalue weighted by Crippen LogP contribution is -2.60. The van der Waals surface area contributed by atoms with Gasteiger partial charge >= 0.3 is 5.97 Å². The number of alkyl halides is 1. The highest BCUT2D eigenvalue weighted by Crippen LogP contribution is 2.61. The van der Waals surface area contributed by atoms with Crippen LogP contribution in [-0.4, -0.2) is 76.2 Å². The Morgan fingerprint density at radius 1 is 1.28 bits per heavy atom. The summed E-state index contributed by atoms with van der Waals surface area (Å²) in [6.45, 7) is 9.47. The molecule has 39 heavy (non-hydrogen) atoms. The minimum absolute atomic E-state index is 0.143. The summed E-state index contributed by atoms with van der Waals surface area (Å²) in [5.41, 5.74) is -0.566. The van der Waals surface area contributed by atoms with Gasteiger partial charge in [-0.1, -0.05) is 66.2 Å². The van der Waals surface area contributed by atoms with Gasteiger partial charge in [0.05, 0.1) is 37.2 Å². The normalized spacial score (nSPS) is 30.1. The average Bonchev–Trinajstić information content (AvgIpc) is 3.51. The summed E-state index contributed by atoms with van der Waals surface area (Å²) >= 11 is 3.67. The van der Waals surface area contributed by atoms with Crippen LogP contribution in [0.1, 0.15) is 27.2 Å². The number of rotatable bonds is 9. The van der Waals surface area contributed by atoms with Crippen LogP contribution >= 0.6 is 15.9 Å². The SMILES string of the molecule is C=CCN(C(=O)C1N([C@@H](CO)C(C)C)C(=O)[C@@H]2[C@@H](C(=O)OCC)[C@@H]3OC12CC3Br)c1ccc2ccccc2c1. The number of benzene rings is 2. The third-order valence-electron chi connectivity index (χ3n) is 8.46. The molecule has 2 amide bonds. The maximum absolute atomic E-state index is 14.7. The van der Waals surface area contributed by atoms with Gasteiger partial charge in [-0.2, -0.15) is 0 Å². The van der Waals surface area contributed by atoms with Gasteiger partial charge in [-0.3, -0.25) is 14.4 Å². The zero-order chi connectivity index (χ0) is 28.1. The van der Waals surface area contributed by atoms with Gasteiger partial charge in [-0.15, -0.1) is 6.58 Å². The van der Waals surface area contributed by atoms with E-state index < -0.39 is 41.6 Å². The molecule has 9 heteroatoms. The third kappa shape index (κ3) is 4.30. The molecule has 0 saturated carbocycles. The number of aliphatic hydroxyl groups is 1. The van der Waals surface area contributed by atoms with Crippen LogP contribution < -0.4 is 4.90 Å². The highest BCUT2D eigenvalue weighted by Gasteiger charge is 2.77. The van der Waals surface area contributed by atoms with Gasteiger partial charge in [0.15, 0.2) is 0 Å². The van der Waals surface area contributed by atoms with Crippen molar-refractivity contribution in [1.29, 1.82) is 0 Å². The first-order chi connectivity index (χ1) is 18.7. The third-order valence-corrected chi connectivity index (χ3v) is 9.30. The number of ether oxygens (including phenoxy) is 2. The first-order valence-electron chi connectivity index (χ1n) is 13.5. The van der Waals surface area contributed by atoms with Crippen molar-refractivity contribution < 1.29 is 29.0 Å². The summed E-state index contributed by atoms with van der Waals surface area (Å²) in [6, 6.07) is 12.0. The van der Waals surface area contributed by atoms with Gasteiger partial charge in [0.2, 0.25) is 5.91 Å². The molecule has 7 atom stereocenters. The van der Waals surface area contributed by atoms with Gasteiger partial charge in [0.1, 0.15) is 11.6 Å². The van der Waals surface area contributed by atoms with E-state index in [1.54, 1.807) is 17.9 Å². The Hall–Kier alpha value is -2.75. The van der Waals surface area contributed by atoms with Crippen LogP contribution in [0.4, 0.5) is 5.69 Å². The summed E-state index contributed by atoms with van der Waals surface area (Å²) in [4.78, 5) is 45.0. The van der Waals surface area contributed by atoms with Crippen molar-refractivity contribution in [3.8, 4) is 0 Å².